The number of hydrogen-bond donors (Lipinski definition) is 0. The minimum atomic E-state index is 1.22. The molecule has 0 amide bonds. The van der Waals surface area contributed by atoms with Crippen LogP contribution in [0.2, 0.25) is 0 Å². The zero-order valence-corrected chi connectivity index (χ0v) is 24.3. The lowest BCUT2D eigenvalue weighted by Crippen LogP contribution is -1.93. The van der Waals surface area contributed by atoms with Gasteiger partial charge in [0.15, 0.2) is 0 Å². The molecule has 0 unspecified atom stereocenters. The summed E-state index contributed by atoms with van der Waals surface area (Å²) in [6, 6.07) is 65.9. The van der Waals surface area contributed by atoms with Crippen molar-refractivity contribution >= 4 is 21.5 Å². The largest absolute Gasteiger partial charge is 0.0622 e. The van der Waals surface area contributed by atoms with Gasteiger partial charge < -0.3 is 0 Å². The third-order valence-electron chi connectivity index (χ3n) is 8.67. The fourth-order valence-corrected chi connectivity index (χ4v) is 6.65. The first kappa shape index (κ1) is 25.9. The number of rotatable bonds is 5. The van der Waals surface area contributed by atoms with Gasteiger partial charge in [-0.05, 0) is 89.3 Å². The average molecular weight is 559 g/mol. The lowest BCUT2D eigenvalue weighted by Gasteiger charge is -2.21. The molecule has 0 N–H and O–H groups in total. The summed E-state index contributed by atoms with van der Waals surface area (Å²) in [6.07, 6.45) is 0. The van der Waals surface area contributed by atoms with Crippen molar-refractivity contribution < 1.29 is 0 Å². The summed E-state index contributed by atoms with van der Waals surface area (Å²) in [5.74, 6) is 0. The van der Waals surface area contributed by atoms with Gasteiger partial charge in [-0.2, -0.15) is 0 Å². The average Bonchev–Trinajstić information content (AvgIpc) is 3.11. The number of fused-ring (bicyclic) bond motifs is 2. The van der Waals surface area contributed by atoms with Crippen molar-refractivity contribution in [3.05, 3.63) is 182 Å². The van der Waals surface area contributed by atoms with Crippen LogP contribution in [-0.4, -0.2) is 0 Å². The highest BCUT2D eigenvalue weighted by molar-refractivity contribution is 6.22. The quantitative estimate of drug-likeness (QED) is 0.184. The Morgan fingerprint density at radius 1 is 0.205 bits per heavy atom. The molecular formula is C44H30. The van der Waals surface area contributed by atoms with Crippen LogP contribution in [0.1, 0.15) is 0 Å². The standard InChI is InChI=1S/C44H30/c1-4-15-31(16-5-1)34-21-14-22-36(29-34)43-38-23-10-12-25-40(38)44(41-26-13-11-24-39(41)43)42-30-35(32-17-6-2-7-18-32)27-28-37(42)33-19-8-3-9-20-33/h1-30H. The second kappa shape index (κ2) is 11.2. The predicted octanol–water partition coefficient (Wildman–Crippen LogP) is 12.3. The second-order valence-corrected chi connectivity index (χ2v) is 11.3. The molecule has 206 valence electrons. The van der Waals surface area contributed by atoms with Crippen LogP contribution in [0, 0.1) is 0 Å². The molecule has 0 saturated carbocycles. The monoisotopic (exact) mass is 558 g/mol. The van der Waals surface area contributed by atoms with Gasteiger partial charge in [0.25, 0.3) is 0 Å². The number of hydrogen-bond acceptors (Lipinski definition) is 0. The third-order valence-corrected chi connectivity index (χ3v) is 8.67. The van der Waals surface area contributed by atoms with Gasteiger partial charge >= 0.3 is 0 Å². The van der Waals surface area contributed by atoms with Gasteiger partial charge in [-0.15, -0.1) is 0 Å². The van der Waals surface area contributed by atoms with Gasteiger partial charge in [0, 0.05) is 0 Å². The molecule has 0 saturated heterocycles. The Balaban J connectivity index is 1.46. The smallest absolute Gasteiger partial charge is 0.00199 e. The third kappa shape index (κ3) is 4.58. The Labute approximate surface area is 258 Å². The van der Waals surface area contributed by atoms with Crippen LogP contribution in [0.4, 0.5) is 0 Å². The Morgan fingerprint density at radius 2 is 0.614 bits per heavy atom. The fourth-order valence-electron chi connectivity index (χ4n) is 6.65. The van der Waals surface area contributed by atoms with Gasteiger partial charge in [-0.25, -0.2) is 0 Å². The van der Waals surface area contributed by atoms with Crippen molar-refractivity contribution in [3.8, 4) is 55.6 Å². The maximum Gasteiger partial charge on any atom is -0.00199 e. The Hall–Kier alpha value is -5.72. The SMILES string of the molecule is c1ccc(-c2cccc(-c3c4ccccc4c(-c4cc(-c5ccccc5)ccc4-c4ccccc4)c4ccccc34)c2)cc1. The van der Waals surface area contributed by atoms with E-state index < -0.39 is 0 Å². The molecule has 0 nitrogen and oxygen atoms in total. The highest BCUT2D eigenvalue weighted by Gasteiger charge is 2.19. The summed E-state index contributed by atoms with van der Waals surface area (Å²) < 4.78 is 0. The van der Waals surface area contributed by atoms with E-state index in [4.69, 9.17) is 0 Å². The minimum Gasteiger partial charge on any atom is -0.0622 e. The molecule has 8 rings (SSSR count). The Kier molecular flexibility index (Phi) is 6.59. The van der Waals surface area contributed by atoms with E-state index in [1.54, 1.807) is 0 Å². The van der Waals surface area contributed by atoms with Gasteiger partial charge in [0.05, 0.1) is 0 Å². The summed E-state index contributed by atoms with van der Waals surface area (Å²) in [7, 11) is 0. The molecule has 0 fully saturated rings. The van der Waals surface area contributed by atoms with Crippen molar-refractivity contribution in [2.75, 3.05) is 0 Å². The van der Waals surface area contributed by atoms with E-state index in [0.29, 0.717) is 0 Å². The maximum absolute atomic E-state index is 2.39. The van der Waals surface area contributed by atoms with E-state index in [1.807, 2.05) is 0 Å². The molecule has 0 aliphatic rings. The zero-order valence-electron chi connectivity index (χ0n) is 24.3. The van der Waals surface area contributed by atoms with Crippen LogP contribution >= 0.6 is 0 Å². The summed E-state index contributed by atoms with van der Waals surface area (Å²) >= 11 is 0. The van der Waals surface area contributed by atoms with Gasteiger partial charge in [-0.3, -0.25) is 0 Å². The molecule has 8 aromatic carbocycles. The molecule has 0 atom stereocenters. The lowest BCUT2D eigenvalue weighted by molar-refractivity contribution is 1.58. The highest BCUT2D eigenvalue weighted by Crippen LogP contribution is 2.47. The van der Waals surface area contributed by atoms with Gasteiger partial charge in [0.1, 0.15) is 0 Å². The first-order chi connectivity index (χ1) is 21.8. The van der Waals surface area contributed by atoms with Crippen molar-refractivity contribution in [1.29, 1.82) is 0 Å². The van der Waals surface area contributed by atoms with E-state index in [-0.39, 0.29) is 0 Å². The number of benzene rings is 8. The molecular weight excluding hydrogens is 528 g/mol. The Morgan fingerprint density at radius 3 is 1.16 bits per heavy atom. The van der Waals surface area contributed by atoms with E-state index in [2.05, 4.69) is 182 Å². The maximum atomic E-state index is 2.39. The molecule has 0 heterocycles. The normalized spacial score (nSPS) is 11.2. The van der Waals surface area contributed by atoms with Crippen molar-refractivity contribution in [2.24, 2.45) is 0 Å². The first-order valence-corrected chi connectivity index (χ1v) is 15.2. The van der Waals surface area contributed by atoms with Crippen LogP contribution < -0.4 is 0 Å². The van der Waals surface area contributed by atoms with E-state index >= 15 is 0 Å². The van der Waals surface area contributed by atoms with Gasteiger partial charge in [0.2, 0.25) is 0 Å². The molecule has 0 bridgehead atoms. The zero-order chi connectivity index (χ0) is 29.3. The summed E-state index contributed by atoms with van der Waals surface area (Å²) in [4.78, 5) is 0. The van der Waals surface area contributed by atoms with Crippen molar-refractivity contribution in [2.45, 2.75) is 0 Å². The summed E-state index contributed by atoms with van der Waals surface area (Å²) in [5.41, 5.74) is 12.4. The molecule has 0 spiro atoms. The van der Waals surface area contributed by atoms with E-state index in [0.717, 1.165) is 0 Å². The molecule has 0 aliphatic heterocycles. The first-order valence-electron chi connectivity index (χ1n) is 15.2. The van der Waals surface area contributed by atoms with Crippen LogP contribution in [0.5, 0.6) is 0 Å². The summed E-state index contributed by atoms with van der Waals surface area (Å²) in [6.45, 7) is 0. The van der Waals surface area contributed by atoms with Crippen molar-refractivity contribution in [1.82, 2.24) is 0 Å². The molecule has 0 heteroatoms. The molecule has 8 aromatic rings. The van der Waals surface area contributed by atoms with Gasteiger partial charge in [-0.1, -0.05) is 170 Å². The van der Waals surface area contributed by atoms with Crippen LogP contribution in [0.3, 0.4) is 0 Å². The van der Waals surface area contributed by atoms with Crippen molar-refractivity contribution in [3.63, 3.8) is 0 Å². The predicted molar refractivity (Wildman–Crippen MR) is 189 cm³/mol. The van der Waals surface area contributed by atoms with Crippen LogP contribution in [-0.2, 0) is 0 Å². The molecule has 44 heavy (non-hydrogen) atoms. The topological polar surface area (TPSA) is 0 Å². The summed E-state index contributed by atoms with van der Waals surface area (Å²) in [5, 5.41) is 5.04. The second-order valence-electron chi connectivity index (χ2n) is 11.3. The molecule has 0 aliphatic carbocycles. The molecule has 0 aromatic heterocycles. The van der Waals surface area contributed by atoms with Crippen LogP contribution in [0.15, 0.2) is 182 Å². The van der Waals surface area contributed by atoms with E-state index in [9.17, 15) is 0 Å². The highest BCUT2D eigenvalue weighted by atomic mass is 14.2. The fraction of sp³-hybridized carbons (Fsp3) is 0. The van der Waals surface area contributed by atoms with E-state index in [1.165, 1.54) is 77.2 Å². The van der Waals surface area contributed by atoms with Crippen LogP contribution in [0.25, 0.3) is 77.2 Å². The molecule has 0 radical (unpaired) electrons. The minimum absolute atomic E-state index is 1.22. The Bertz CT molecular complexity index is 2190. The lowest BCUT2D eigenvalue weighted by atomic mass is 9.82.